The Balaban J connectivity index is 2.48. The number of carbonyl (C=O) groups is 2. The van der Waals surface area contributed by atoms with Crippen LogP contribution in [0.15, 0.2) is 23.3 Å². The van der Waals surface area contributed by atoms with E-state index in [1.165, 1.54) is 25.0 Å². The maximum Gasteiger partial charge on any atom is 0.184 e. The van der Waals surface area contributed by atoms with Gasteiger partial charge in [-0.1, -0.05) is 26.2 Å². The normalized spacial score (nSPS) is 16.4. The lowest BCUT2D eigenvalue weighted by Crippen LogP contribution is -2.12. The zero-order chi connectivity index (χ0) is 11.3. The van der Waals surface area contributed by atoms with Crippen molar-refractivity contribution in [2.24, 2.45) is 0 Å². The Hall–Kier alpha value is -1.18. The topological polar surface area (TPSA) is 34.1 Å². The van der Waals surface area contributed by atoms with Crippen molar-refractivity contribution >= 4 is 11.6 Å². The maximum atomic E-state index is 11.6. The summed E-state index contributed by atoms with van der Waals surface area (Å²) in [6.07, 6.45) is 8.17. The summed E-state index contributed by atoms with van der Waals surface area (Å²) in [4.78, 5) is 22.9. The standard InChI is InChI=1S/C13H18O2/c1-3-4-5-6-7-11-9-12(14)8-10(2)13(11)15/h8-9H,3-7H2,1-2H3. The molecule has 0 heterocycles. The first kappa shape index (κ1) is 11.9. The van der Waals surface area contributed by atoms with E-state index in [0.717, 1.165) is 19.3 Å². The first-order chi connectivity index (χ1) is 7.15. The number of allylic oxidation sites excluding steroid dienone is 4. The molecule has 1 rings (SSSR count). The molecule has 0 N–H and O–H groups in total. The van der Waals surface area contributed by atoms with Crippen LogP contribution in [-0.4, -0.2) is 11.6 Å². The van der Waals surface area contributed by atoms with Gasteiger partial charge in [-0.3, -0.25) is 9.59 Å². The minimum atomic E-state index is -0.0439. The van der Waals surface area contributed by atoms with Gasteiger partial charge in [0, 0.05) is 11.1 Å². The molecule has 2 nitrogen and oxygen atoms in total. The van der Waals surface area contributed by atoms with Crippen molar-refractivity contribution in [2.75, 3.05) is 0 Å². The van der Waals surface area contributed by atoms with Crippen LogP contribution in [-0.2, 0) is 9.59 Å². The van der Waals surface area contributed by atoms with E-state index in [9.17, 15) is 9.59 Å². The van der Waals surface area contributed by atoms with E-state index >= 15 is 0 Å². The van der Waals surface area contributed by atoms with Crippen molar-refractivity contribution in [1.82, 2.24) is 0 Å². The van der Waals surface area contributed by atoms with Gasteiger partial charge in [0.25, 0.3) is 0 Å². The van der Waals surface area contributed by atoms with E-state index in [-0.39, 0.29) is 11.6 Å². The Morgan fingerprint density at radius 3 is 2.47 bits per heavy atom. The Morgan fingerprint density at radius 1 is 1.07 bits per heavy atom. The molecule has 0 saturated heterocycles. The summed E-state index contributed by atoms with van der Waals surface area (Å²) in [5.74, 6) is 0.00342. The molecular formula is C13H18O2. The van der Waals surface area contributed by atoms with Crippen LogP contribution in [0.2, 0.25) is 0 Å². The van der Waals surface area contributed by atoms with Crippen molar-refractivity contribution in [2.45, 2.75) is 46.0 Å². The van der Waals surface area contributed by atoms with Crippen LogP contribution in [0.25, 0.3) is 0 Å². The molecule has 0 fully saturated rings. The van der Waals surface area contributed by atoms with Gasteiger partial charge < -0.3 is 0 Å². The van der Waals surface area contributed by atoms with Crippen LogP contribution < -0.4 is 0 Å². The molecule has 0 aromatic rings. The zero-order valence-electron chi connectivity index (χ0n) is 9.51. The van der Waals surface area contributed by atoms with Gasteiger partial charge in [-0.25, -0.2) is 0 Å². The lowest BCUT2D eigenvalue weighted by Gasteiger charge is -2.10. The molecule has 1 aliphatic rings. The highest BCUT2D eigenvalue weighted by Crippen LogP contribution is 2.18. The van der Waals surface area contributed by atoms with Gasteiger partial charge in [-0.05, 0) is 31.9 Å². The molecule has 0 aliphatic heterocycles. The van der Waals surface area contributed by atoms with Crippen molar-refractivity contribution in [1.29, 1.82) is 0 Å². The van der Waals surface area contributed by atoms with Crippen LogP contribution >= 0.6 is 0 Å². The summed E-state index contributed by atoms with van der Waals surface area (Å²) in [6.45, 7) is 3.86. The van der Waals surface area contributed by atoms with E-state index in [1.54, 1.807) is 6.92 Å². The molecule has 0 amide bonds. The van der Waals surface area contributed by atoms with Gasteiger partial charge in [0.2, 0.25) is 0 Å². The largest absolute Gasteiger partial charge is 0.290 e. The minimum Gasteiger partial charge on any atom is -0.290 e. The van der Waals surface area contributed by atoms with E-state index in [2.05, 4.69) is 6.92 Å². The van der Waals surface area contributed by atoms with Gasteiger partial charge >= 0.3 is 0 Å². The number of Topliss-reactive ketones (excluding diaryl/α,β-unsaturated/α-hetero) is 1. The molecular weight excluding hydrogens is 188 g/mol. The van der Waals surface area contributed by atoms with E-state index in [0.29, 0.717) is 11.1 Å². The van der Waals surface area contributed by atoms with Crippen LogP contribution in [0.5, 0.6) is 0 Å². The average molecular weight is 206 g/mol. The second kappa shape index (κ2) is 5.64. The van der Waals surface area contributed by atoms with Gasteiger partial charge in [-0.2, -0.15) is 0 Å². The molecule has 0 unspecified atom stereocenters. The smallest absolute Gasteiger partial charge is 0.184 e. The molecule has 15 heavy (non-hydrogen) atoms. The average Bonchev–Trinajstić information content (AvgIpc) is 2.19. The number of rotatable bonds is 5. The van der Waals surface area contributed by atoms with Gasteiger partial charge in [-0.15, -0.1) is 0 Å². The van der Waals surface area contributed by atoms with Crippen molar-refractivity contribution in [3.8, 4) is 0 Å². The Kier molecular flexibility index (Phi) is 4.47. The lowest BCUT2D eigenvalue weighted by molar-refractivity contribution is -0.115. The summed E-state index contributed by atoms with van der Waals surface area (Å²) in [5.41, 5.74) is 1.27. The van der Waals surface area contributed by atoms with Crippen molar-refractivity contribution in [3.05, 3.63) is 23.3 Å². The molecule has 0 saturated carbocycles. The molecule has 2 heteroatoms. The summed E-state index contributed by atoms with van der Waals surface area (Å²) in [5, 5.41) is 0. The molecule has 0 bridgehead atoms. The van der Waals surface area contributed by atoms with E-state index in [1.807, 2.05) is 0 Å². The predicted molar refractivity (Wildman–Crippen MR) is 60.6 cm³/mol. The quantitative estimate of drug-likeness (QED) is 0.512. The highest BCUT2D eigenvalue weighted by molar-refractivity contribution is 6.19. The summed E-state index contributed by atoms with van der Waals surface area (Å²) in [7, 11) is 0. The number of ketones is 2. The van der Waals surface area contributed by atoms with Crippen LogP contribution in [0.4, 0.5) is 0 Å². The van der Waals surface area contributed by atoms with Crippen LogP contribution in [0.3, 0.4) is 0 Å². The summed E-state index contributed by atoms with van der Waals surface area (Å²) >= 11 is 0. The predicted octanol–water partition coefficient (Wildman–Crippen LogP) is 2.98. The third kappa shape index (κ3) is 3.46. The SMILES string of the molecule is CCCCCCC1=CC(=O)C=C(C)C1=O. The van der Waals surface area contributed by atoms with E-state index in [4.69, 9.17) is 0 Å². The fourth-order valence-corrected chi connectivity index (χ4v) is 1.74. The van der Waals surface area contributed by atoms with Crippen molar-refractivity contribution in [3.63, 3.8) is 0 Å². The first-order valence-corrected chi connectivity index (χ1v) is 5.62. The third-order valence-electron chi connectivity index (χ3n) is 2.62. The first-order valence-electron chi connectivity index (χ1n) is 5.62. The number of hydrogen-bond donors (Lipinski definition) is 0. The van der Waals surface area contributed by atoms with Gasteiger partial charge in [0.15, 0.2) is 11.6 Å². The molecule has 0 aromatic carbocycles. The molecule has 0 spiro atoms. The zero-order valence-corrected chi connectivity index (χ0v) is 9.51. The molecule has 0 atom stereocenters. The Bertz CT molecular complexity index is 321. The number of unbranched alkanes of at least 4 members (excludes halogenated alkanes) is 3. The Morgan fingerprint density at radius 2 is 1.80 bits per heavy atom. The van der Waals surface area contributed by atoms with Gasteiger partial charge in [0.1, 0.15) is 0 Å². The number of hydrogen-bond acceptors (Lipinski definition) is 2. The highest BCUT2D eigenvalue weighted by Gasteiger charge is 2.17. The summed E-state index contributed by atoms with van der Waals surface area (Å²) in [6, 6.07) is 0. The summed E-state index contributed by atoms with van der Waals surface area (Å²) < 4.78 is 0. The Labute approximate surface area is 91.1 Å². The molecule has 0 aromatic heterocycles. The third-order valence-corrected chi connectivity index (χ3v) is 2.62. The van der Waals surface area contributed by atoms with Gasteiger partial charge in [0.05, 0.1) is 0 Å². The maximum absolute atomic E-state index is 11.6. The van der Waals surface area contributed by atoms with Crippen molar-refractivity contribution < 1.29 is 9.59 Å². The number of carbonyl (C=O) groups excluding carboxylic acids is 2. The molecule has 0 radical (unpaired) electrons. The molecule has 82 valence electrons. The fraction of sp³-hybridized carbons (Fsp3) is 0.538. The van der Waals surface area contributed by atoms with E-state index < -0.39 is 0 Å². The van der Waals surface area contributed by atoms with Crippen LogP contribution in [0.1, 0.15) is 46.0 Å². The highest BCUT2D eigenvalue weighted by atomic mass is 16.1. The second-order valence-electron chi connectivity index (χ2n) is 4.04. The monoisotopic (exact) mass is 206 g/mol. The second-order valence-corrected chi connectivity index (χ2v) is 4.04. The van der Waals surface area contributed by atoms with Crippen LogP contribution in [0, 0.1) is 0 Å². The fourth-order valence-electron chi connectivity index (χ4n) is 1.74. The molecule has 1 aliphatic carbocycles. The lowest BCUT2D eigenvalue weighted by atomic mass is 9.93. The minimum absolute atomic E-state index is 0.0439.